The molecule has 1 unspecified atom stereocenters. The van der Waals surface area contributed by atoms with E-state index >= 15 is 0 Å². The van der Waals surface area contributed by atoms with Crippen molar-refractivity contribution in [2.75, 3.05) is 29.4 Å². The third-order valence-electron chi connectivity index (χ3n) is 6.89. The largest absolute Gasteiger partial charge is 0.372 e. The summed E-state index contributed by atoms with van der Waals surface area (Å²) in [4.78, 5) is 17.0. The molecular formula is C27H33N3O. The molecule has 2 aromatic rings. The van der Waals surface area contributed by atoms with E-state index < -0.39 is 5.66 Å². The van der Waals surface area contributed by atoms with Crippen LogP contribution in [-0.4, -0.2) is 31.2 Å². The zero-order valence-corrected chi connectivity index (χ0v) is 19.3. The number of rotatable bonds is 6. The lowest BCUT2D eigenvalue weighted by atomic mass is 9.75. The Morgan fingerprint density at radius 3 is 2.45 bits per heavy atom. The number of allylic oxidation sites excluding steroid dienone is 2. The van der Waals surface area contributed by atoms with Crippen molar-refractivity contribution in [3.63, 3.8) is 0 Å². The van der Waals surface area contributed by atoms with E-state index in [1.807, 2.05) is 0 Å². The number of hydrogen-bond donors (Lipinski definition) is 1. The van der Waals surface area contributed by atoms with E-state index in [1.54, 1.807) is 0 Å². The highest BCUT2D eigenvalue weighted by Crippen LogP contribution is 2.52. The molecule has 4 nitrogen and oxygen atoms in total. The Labute approximate surface area is 186 Å². The third kappa shape index (κ3) is 3.44. The highest BCUT2D eigenvalue weighted by atomic mass is 16.2. The molecule has 1 amide bonds. The topological polar surface area (TPSA) is 35.6 Å². The second kappa shape index (κ2) is 7.92. The Hall–Kier alpha value is -3.01. The highest BCUT2D eigenvalue weighted by molar-refractivity contribution is 5.91. The summed E-state index contributed by atoms with van der Waals surface area (Å²) in [6.45, 7) is 13.3. The molecule has 2 aliphatic heterocycles. The second-order valence-corrected chi connectivity index (χ2v) is 9.03. The fraction of sp³-hybridized carbons (Fsp3) is 0.370. The summed E-state index contributed by atoms with van der Waals surface area (Å²) >= 11 is 0. The van der Waals surface area contributed by atoms with E-state index in [-0.39, 0.29) is 11.3 Å². The van der Waals surface area contributed by atoms with Crippen molar-refractivity contribution < 1.29 is 4.79 Å². The maximum Gasteiger partial charge on any atom is 0.241 e. The van der Waals surface area contributed by atoms with E-state index in [4.69, 9.17) is 0 Å². The van der Waals surface area contributed by atoms with Gasteiger partial charge >= 0.3 is 0 Å². The molecule has 1 fully saturated rings. The molecule has 0 bridgehead atoms. The predicted octanol–water partition coefficient (Wildman–Crippen LogP) is 5.03. The molecule has 2 aliphatic rings. The fourth-order valence-electron chi connectivity index (χ4n) is 5.03. The monoisotopic (exact) mass is 415 g/mol. The maximum atomic E-state index is 12.4. The SMILES string of the molecule is CCN(CC)c1ccc(C=CC=CC23NC(=O)CN2c2ccc(C)cc2C3(C)C)cc1. The summed E-state index contributed by atoms with van der Waals surface area (Å²) in [6, 6.07) is 15.2. The summed E-state index contributed by atoms with van der Waals surface area (Å²) in [6.07, 6.45) is 8.39. The lowest BCUT2D eigenvalue weighted by Crippen LogP contribution is -2.58. The Kier molecular flexibility index (Phi) is 5.42. The first-order chi connectivity index (χ1) is 14.8. The standard InChI is InChI=1S/C27H33N3O/c1-6-29(7-2)22-14-12-21(13-15-22)10-8-9-17-27-26(4,5)23-18-20(3)11-16-24(23)30(27)19-25(31)28-27/h8-18H,6-7,19H2,1-5H3,(H,28,31). The number of fused-ring (bicyclic) bond motifs is 3. The Balaban J connectivity index is 1.58. The zero-order chi connectivity index (χ0) is 22.2. The van der Waals surface area contributed by atoms with Crippen LogP contribution in [0.2, 0.25) is 0 Å². The first kappa shape index (κ1) is 21.2. The number of hydrogen-bond acceptors (Lipinski definition) is 3. The molecule has 2 heterocycles. The summed E-state index contributed by atoms with van der Waals surface area (Å²) in [5.74, 6) is 0.0694. The number of nitrogens with one attached hydrogen (secondary N) is 1. The molecule has 0 aliphatic carbocycles. The average molecular weight is 416 g/mol. The van der Waals surface area contributed by atoms with Crippen LogP contribution in [0.15, 0.2) is 60.7 Å². The van der Waals surface area contributed by atoms with Crippen LogP contribution in [0.5, 0.6) is 0 Å². The predicted molar refractivity (Wildman–Crippen MR) is 131 cm³/mol. The number of nitrogens with zero attached hydrogens (tertiary/aromatic N) is 2. The van der Waals surface area contributed by atoms with Gasteiger partial charge in [0.05, 0.1) is 6.54 Å². The normalized spacial score (nSPS) is 21.6. The van der Waals surface area contributed by atoms with Gasteiger partial charge in [0.25, 0.3) is 0 Å². The van der Waals surface area contributed by atoms with Gasteiger partial charge in [0, 0.05) is 29.9 Å². The molecule has 0 aromatic heterocycles. The molecule has 1 saturated heterocycles. The average Bonchev–Trinajstić information content (AvgIpc) is 3.17. The molecule has 0 spiro atoms. The van der Waals surface area contributed by atoms with Crippen LogP contribution >= 0.6 is 0 Å². The maximum absolute atomic E-state index is 12.4. The zero-order valence-electron chi connectivity index (χ0n) is 19.3. The van der Waals surface area contributed by atoms with Crippen LogP contribution in [0.3, 0.4) is 0 Å². The molecule has 4 rings (SSSR count). The van der Waals surface area contributed by atoms with Crippen molar-refractivity contribution in [3.8, 4) is 0 Å². The van der Waals surface area contributed by atoms with Gasteiger partial charge in [-0.1, -0.05) is 61.9 Å². The van der Waals surface area contributed by atoms with Crippen LogP contribution in [0.1, 0.15) is 44.4 Å². The van der Waals surface area contributed by atoms with Crippen molar-refractivity contribution in [1.29, 1.82) is 0 Å². The van der Waals surface area contributed by atoms with Gasteiger partial charge in [0.2, 0.25) is 5.91 Å². The molecule has 2 aromatic carbocycles. The minimum absolute atomic E-state index is 0.0694. The smallest absolute Gasteiger partial charge is 0.241 e. The van der Waals surface area contributed by atoms with Crippen LogP contribution in [0.25, 0.3) is 6.08 Å². The van der Waals surface area contributed by atoms with Crippen molar-refractivity contribution in [3.05, 3.63) is 77.4 Å². The molecule has 0 radical (unpaired) electrons. The third-order valence-corrected chi connectivity index (χ3v) is 6.89. The number of carbonyl (C=O) groups is 1. The van der Waals surface area contributed by atoms with Crippen LogP contribution < -0.4 is 15.1 Å². The Morgan fingerprint density at radius 1 is 1.06 bits per heavy atom. The number of anilines is 2. The molecule has 1 atom stereocenters. The number of carbonyl (C=O) groups excluding carboxylic acids is 1. The number of aryl methyl sites for hydroxylation is 1. The van der Waals surface area contributed by atoms with Crippen LogP contribution in [-0.2, 0) is 10.2 Å². The van der Waals surface area contributed by atoms with E-state index in [9.17, 15) is 4.79 Å². The van der Waals surface area contributed by atoms with Gasteiger partial charge in [-0.3, -0.25) is 4.79 Å². The van der Waals surface area contributed by atoms with Gasteiger partial charge in [-0.15, -0.1) is 0 Å². The number of amides is 1. The van der Waals surface area contributed by atoms with Gasteiger partial charge in [-0.25, -0.2) is 0 Å². The van der Waals surface area contributed by atoms with Crippen LogP contribution in [0.4, 0.5) is 11.4 Å². The van der Waals surface area contributed by atoms with Gasteiger partial charge in [0.15, 0.2) is 0 Å². The summed E-state index contributed by atoms with van der Waals surface area (Å²) < 4.78 is 0. The van der Waals surface area contributed by atoms with E-state index in [0.717, 1.165) is 24.3 Å². The Bertz CT molecular complexity index is 1030. The van der Waals surface area contributed by atoms with E-state index in [2.05, 4.69) is 117 Å². The van der Waals surface area contributed by atoms with Crippen molar-refractivity contribution in [1.82, 2.24) is 5.32 Å². The minimum atomic E-state index is -0.544. The minimum Gasteiger partial charge on any atom is -0.372 e. The first-order valence-corrected chi connectivity index (χ1v) is 11.2. The summed E-state index contributed by atoms with van der Waals surface area (Å²) in [5, 5.41) is 3.28. The molecule has 4 heteroatoms. The van der Waals surface area contributed by atoms with Crippen molar-refractivity contribution in [2.45, 2.75) is 45.7 Å². The van der Waals surface area contributed by atoms with Crippen molar-refractivity contribution in [2.24, 2.45) is 0 Å². The molecular weight excluding hydrogens is 382 g/mol. The lowest BCUT2D eigenvalue weighted by Gasteiger charge is -2.40. The summed E-state index contributed by atoms with van der Waals surface area (Å²) in [7, 11) is 0. The van der Waals surface area contributed by atoms with Crippen LogP contribution in [0, 0.1) is 6.92 Å². The number of benzene rings is 2. The van der Waals surface area contributed by atoms with Gasteiger partial charge in [0.1, 0.15) is 5.66 Å². The van der Waals surface area contributed by atoms with Gasteiger partial charge in [-0.05, 0) is 56.2 Å². The molecule has 162 valence electrons. The first-order valence-electron chi connectivity index (χ1n) is 11.2. The van der Waals surface area contributed by atoms with Gasteiger partial charge in [-0.2, -0.15) is 0 Å². The van der Waals surface area contributed by atoms with Crippen molar-refractivity contribution >= 4 is 23.4 Å². The molecule has 0 saturated carbocycles. The lowest BCUT2D eigenvalue weighted by molar-refractivity contribution is -0.118. The molecule has 31 heavy (non-hydrogen) atoms. The molecule has 1 N–H and O–H groups in total. The summed E-state index contributed by atoms with van der Waals surface area (Å²) in [5.41, 5.74) is 5.30. The second-order valence-electron chi connectivity index (χ2n) is 9.03. The fourth-order valence-corrected chi connectivity index (χ4v) is 5.03. The van der Waals surface area contributed by atoms with E-state index in [0.29, 0.717) is 6.54 Å². The van der Waals surface area contributed by atoms with E-state index in [1.165, 1.54) is 16.8 Å². The Morgan fingerprint density at radius 2 is 1.77 bits per heavy atom. The highest BCUT2D eigenvalue weighted by Gasteiger charge is 2.59. The van der Waals surface area contributed by atoms with Gasteiger partial charge < -0.3 is 15.1 Å². The quantitative estimate of drug-likeness (QED) is 0.672.